The average molecular weight is 530 g/mol. The molecule has 2 aromatic heterocycles. The highest BCUT2D eigenvalue weighted by atomic mass is 35.5. The second-order valence-electron chi connectivity index (χ2n) is 8.72. The van der Waals surface area contributed by atoms with Gasteiger partial charge in [-0.2, -0.15) is 9.29 Å². The van der Waals surface area contributed by atoms with Crippen LogP contribution in [0.1, 0.15) is 39.5 Å². The number of aromatic nitrogens is 4. The lowest BCUT2D eigenvalue weighted by Crippen LogP contribution is -2.40. The Balaban J connectivity index is 2.31. The summed E-state index contributed by atoms with van der Waals surface area (Å²) in [5, 5.41) is 18.7. The van der Waals surface area contributed by atoms with Gasteiger partial charge in [0, 0.05) is 51.0 Å². The third-order valence-electron chi connectivity index (χ3n) is 5.77. The van der Waals surface area contributed by atoms with Crippen LogP contribution in [0, 0.1) is 0 Å². The number of sulfonamides is 1. The van der Waals surface area contributed by atoms with Crippen LogP contribution >= 0.6 is 11.6 Å². The summed E-state index contributed by atoms with van der Waals surface area (Å²) in [6.45, 7) is 3.24. The molecule has 3 rings (SSSR count). The molecule has 11 nitrogen and oxygen atoms in total. The van der Waals surface area contributed by atoms with Crippen molar-refractivity contribution in [3.05, 3.63) is 43.6 Å². The first kappa shape index (κ1) is 27.3. The minimum atomic E-state index is -4.15. The topological polar surface area (TPSA) is 140 Å². The normalized spacial score (nSPS) is 15.5. The van der Waals surface area contributed by atoms with Gasteiger partial charge in [0.15, 0.2) is 11.2 Å². The zero-order valence-corrected chi connectivity index (χ0v) is 21.7. The monoisotopic (exact) mass is 529 g/mol. The quantitative estimate of drug-likeness (QED) is 0.389. The maximum absolute atomic E-state index is 13.8. The molecular weight excluding hydrogens is 498 g/mol. The van der Waals surface area contributed by atoms with Gasteiger partial charge in [-0.3, -0.25) is 13.9 Å². The molecule has 0 aromatic carbocycles. The minimum absolute atomic E-state index is 0.0131. The predicted molar refractivity (Wildman–Crippen MR) is 133 cm³/mol. The van der Waals surface area contributed by atoms with Crippen molar-refractivity contribution in [1.82, 2.24) is 23.0 Å². The van der Waals surface area contributed by atoms with Crippen molar-refractivity contribution in [1.29, 1.82) is 0 Å². The van der Waals surface area contributed by atoms with Gasteiger partial charge in [0.25, 0.3) is 15.6 Å². The van der Waals surface area contributed by atoms with E-state index in [0.717, 1.165) is 9.13 Å². The predicted octanol–water partition coefficient (Wildman–Crippen LogP) is 0.904. The minimum Gasteiger partial charge on any atom is -0.396 e. The summed E-state index contributed by atoms with van der Waals surface area (Å²) in [5.74, 6) is 0. The molecule has 13 heteroatoms. The Hall–Kier alpha value is -2.25. The Kier molecular flexibility index (Phi) is 8.76. The fraction of sp³-hybridized carbons (Fsp3) is 0.591. The number of aryl methyl sites for hydroxylation is 1. The van der Waals surface area contributed by atoms with E-state index in [4.69, 9.17) is 11.6 Å². The Morgan fingerprint density at radius 1 is 1.14 bits per heavy atom. The van der Waals surface area contributed by atoms with E-state index in [1.54, 1.807) is 26.0 Å². The number of hydrogen-bond donors (Lipinski definition) is 2. The number of aliphatic hydroxyl groups is 2. The SMILES string of the molecule is C/C(Cl)=C\C=C(/C)Cn1c(S(=O)(=O)N(CCCO)C2CC2)nc2c1c(=O)n(CCCO)c(=O)n2C. The van der Waals surface area contributed by atoms with Gasteiger partial charge in [-0.1, -0.05) is 23.3 Å². The molecule has 1 aliphatic rings. The van der Waals surface area contributed by atoms with Gasteiger partial charge in [0.05, 0.1) is 0 Å². The second-order valence-corrected chi connectivity index (χ2v) is 11.1. The number of imidazole rings is 1. The molecule has 2 N–H and O–H groups in total. The van der Waals surface area contributed by atoms with Crippen molar-refractivity contribution in [3.63, 3.8) is 0 Å². The van der Waals surface area contributed by atoms with Crippen molar-refractivity contribution in [2.24, 2.45) is 7.05 Å². The molecule has 2 heterocycles. The molecule has 0 saturated heterocycles. The first-order valence-electron chi connectivity index (χ1n) is 11.5. The standard InChI is InChI=1S/C22H32ClN5O6S/c1-15(6-7-16(2)23)14-27-18-19(25(3)22(32)26(20(18)31)10-4-12-29)24-21(27)35(33,34)28(11-5-13-30)17-8-9-17/h6-7,17,29-30H,4-5,8-14H2,1-3H3/b15-6+,16-7+. The number of halogens is 1. The zero-order valence-electron chi connectivity index (χ0n) is 20.1. The van der Waals surface area contributed by atoms with Crippen LogP contribution in [0.25, 0.3) is 11.2 Å². The second kappa shape index (κ2) is 11.2. The summed E-state index contributed by atoms with van der Waals surface area (Å²) in [6.07, 6.45) is 5.25. The van der Waals surface area contributed by atoms with Crippen LogP contribution in [0.2, 0.25) is 0 Å². The van der Waals surface area contributed by atoms with Crippen LogP contribution in [0.4, 0.5) is 0 Å². The molecular formula is C22H32ClN5O6S. The molecule has 0 amide bonds. The summed E-state index contributed by atoms with van der Waals surface area (Å²) in [6, 6.07) is -0.191. The van der Waals surface area contributed by atoms with Crippen molar-refractivity contribution < 1.29 is 18.6 Å². The average Bonchev–Trinajstić information content (AvgIpc) is 3.56. The third-order valence-corrected chi connectivity index (χ3v) is 7.77. The van der Waals surface area contributed by atoms with Gasteiger partial charge in [0.1, 0.15) is 0 Å². The smallest absolute Gasteiger partial charge is 0.332 e. The summed E-state index contributed by atoms with van der Waals surface area (Å²) >= 11 is 5.93. The number of aliphatic hydroxyl groups excluding tert-OH is 2. The van der Waals surface area contributed by atoms with E-state index >= 15 is 0 Å². The molecule has 35 heavy (non-hydrogen) atoms. The van der Waals surface area contributed by atoms with Gasteiger partial charge in [0.2, 0.25) is 5.16 Å². The largest absolute Gasteiger partial charge is 0.396 e. The fourth-order valence-electron chi connectivity index (χ4n) is 3.87. The Bertz CT molecular complexity index is 1360. The van der Waals surface area contributed by atoms with Crippen LogP contribution < -0.4 is 11.2 Å². The van der Waals surface area contributed by atoms with Gasteiger partial charge >= 0.3 is 5.69 Å². The molecule has 2 aromatic rings. The lowest BCUT2D eigenvalue weighted by atomic mass is 10.2. The zero-order chi connectivity index (χ0) is 25.9. The lowest BCUT2D eigenvalue weighted by molar-refractivity contribution is 0.267. The van der Waals surface area contributed by atoms with Gasteiger partial charge in [-0.05, 0) is 45.6 Å². The van der Waals surface area contributed by atoms with Crippen LogP contribution in [0.5, 0.6) is 0 Å². The molecule has 1 saturated carbocycles. The number of allylic oxidation sites excluding steroid dienone is 4. The van der Waals surface area contributed by atoms with E-state index in [0.29, 0.717) is 23.4 Å². The summed E-state index contributed by atoms with van der Waals surface area (Å²) in [4.78, 5) is 30.6. The van der Waals surface area contributed by atoms with E-state index in [2.05, 4.69) is 4.98 Å². The number of rotatable bonds is 12. The van der Waals surface area contributed by atoms with Crippen molar-refractivity contribution >= 4 is 32.8 Å². The maximum Gasteiger partial charge on any atom is 0.332 e. The van der Waals surface area contributed by atoms with E-state index < -0.39 is 21.3 Å². The van der Waals surface area contributed by atoms with Crippen molar-refractivity contribution in [3.8, 4) is 0 Å². The number of fused-ring (bicyclic) bond motifs is 1. The molecule has 194 valence electrons. The highest BCUT2D eigenvalue weighted by molar-refractivity contribution is 7.89. The number of nitrogens with zero attached hydrogens (tertiary/aromatic N) is 5. The first-order valence-corrected chi connectivity index (χ1v) is 13.3. The van der Waals surface area contributed by atoms with Crippen LogP contribution in [-0.4, -0.2) is 67.4 Å². The van der Waals surface area contributed by atoms with E-state index in [-0.39, 0.29) is 68.1 Å². The first-order chi connectivity index (χ1) is 16.5. The van der Waals surface area contributed by atoms with Crippen LogP contribution in [-0.2, 0) is 30.2 Å². The molecule has 0 unspecified atom stereocenters. The summed E-state index contributed by atoms with van der Waals surface area (Å²) < 4.78 is 32.4. The molecule has 0 bridgehead atoms. The van der Waals surface area contributed by atoms with Crippen LogP contribution in [0.15, 0.2) is 37.5 Å². The molecule has 1 aliphatic carbocycles. The molecule has 0 aliphatic heterocycles. The van der Waals surface area contributed by atoms with E-state index in [1.165, 1.54) is 15.9 Å². The molecule has 0 radical (unpaired) electrons. The molecule has 0 spiro atoms. The Labute approximate surface area is 208 Å². The molecule has 0 atom stereocenters. The fourth-order valence-corrected chi connectivity index (χ4v) is 5.76. The van der Waals surface area contributed by atoms with E-state index in [1.807, 2.05) is 0 Å². The van der Waals surface area contributed by atoms with Crippen molar-refractivity contribution in [2.75, 3.05) is 19.8 Å². The Morgan fingerprint density at radius 2 is 1.80 bits per heavy atom. The van der Waals surface area contributed by atoms with Crippen molar-refractivity contribution in [2.45, 2.75) is 63.8 Å². The highest BCUT2D eigenvalue weighted by Crippen LogP contribution is 2.32. The third kappa shape index (κ3) is 5.78. The summed E-state index contributed by atoms with van der Waals surface area (Å²) in [5.41, 5.74) is -0.647. The highest BCUT2D eigenvalue weighted by Gasteiger charge is 2.41. The van der Waals surface area contributed by atoms with E-state index in [9.17, 15) is 28.2 Å². The van der Waals surface area contributed by atoms with Crippen LogP contribution in [0.3, 0.4) is 0 Å². The number of hydrogen-bond acceptors (Lipinski definition) is 7. The Morgan fingerprint density at radius 3 is 2.37 bits per heavy atom. The lowest BCUT2D eigenvalue weighted by Gasteiger charge is -2.21. The van der Waals surface area contributed by atoms with Gasteiger partial charge < -0.3 is 14.8 Å². The van der Waals surface area contributed by atoms with Gasteiger partial charge in [-0.25, -0.2) is 13.2 Å². The molecule has 1 fully saturated rings. The maximum atomic E-state index is 13.8. The van der Waals surface area contributed by atoms with Gasteiger partial charge in [-0.15, -0.1) is 0 Å². The summed E-state index contributed by atoms with van der Waals surface area (Å²) in [7, 11) is -2.72.